The van der Waals surface area contributed by atoms with E-state index in [9.17, 15) is 0 Å². The molecule has 0 aromatic heterocycles. The van der Waals surface area contributed by atoms with Crippen LogP contribution >= 0.6 is 15.9 Å². The van der Waals surface area contributed by atoms with Gasteiger partial charge in [-0.1, -0.05) is 0 Å². The van der Waals surface area contributed by atoms with Crippen LogP contribution in [0.5, 0.6) is 5.75 Å². The molecule has 0 bridgehead atoms. The summed E-state index contributed by atoms with van der Waals surface area (Å²) in [4.78, 5) is 0. The average molecular weight is 229 g/mol. The number of anilines is 1. The molecule has 0 unspecified atom stereocenters. The van der Waals surface area contributed by atoms with Crippen molar-refractivity contribution in [3.63, 3.8) is 0 Å². The minimum atomic E-state index is -0.0856. The zero-order valence-electron chi connectivity index (χ0n) is 6.38. The summed E-state index contributed by atoms with van der Waals surface area (Å²) >= 11 is 3.37. The number of rotatable bonds is 0. The van der Waals surface area contributed by atoms with Crippen molar-refractivity contribution in [2.24, 2.45) is 5.73 Å². The molecule has 0 spiro atoms. The maximum Gasteiger partial charge on any atom is 0.140 e. The van der Waals surface area contributed by atoms with Gasteiger partial charge in [-0.15, -0.1) is 0 Å². The molecular weight excluding hydrogens is 220 g/mol. The predicted molar refractivity (Wildman–Crippen MR) is 51.0 cm³/mol. The first-order valence-corrected chi connectivity index (χ1v) is 4.45. The van der Waals surface area contributed by atoms with E-state index in [0.717, 1.165) is 15.8 Å². The van der Waals surface area contributed by atoms with Crippen molar-refractivity contribution in [1.29, 1.82) is 0 Å². The summed E-state index contributed by atoms with van der Waals surface area (Å²) in [5.74, 6) is 0.794. The van der Waals surface area contributed by atoms with Crippen molar-refractivity contribution in [3.05, 3.63) is 22.2 Å². The van der Waals surface area contributed by atoms with Gasteiger partial charge in [-0.2, -0.15) is 0 Å². The van der Waals surface area contributed by atoms with E-state index in [4.69, 9.17) is 16.2 Å². The van der Waals surface area contributed by atoms with Gasteiger partial charge in [0.15, 0.2) is 0 Å². The van der Waals surface area contributed by atoms with Gasteiger partial charge in [0.2, 0.25) is 0 Å². The van der Waals surface area contributed by atoms with Crippen LogP contribution in [0.1, 0.15) is 11.6 Å². The molecule has 64 valence electrons. The largest absolute Gasteiger partial charge is 0.490 e. The molecule has 4 N–H and O–H groups in total. The minimum Gasteiger partial charge on any atom is -0.490 e. The lowest BCUT2D eigenvalue weighted by Gasteiger charge is -2.05. The highest BCUT2D eigenvalue weighted by Gasteiger charge is 2.25. The Morgan fingerprint density at radius 2 is 2.25 bits per heavy atom. The third kappa shape index (κ3) is 0.990. The Morgan fingerprint density at radius 3 is 2.92 bits per heavy atom. The van der Waals surface area contributed by atoms with Crippen LogP contribution in [0.2, 0.25) is 0 Å². The Morgan fingerprint density at radius 1 is 1.50 bits per heavy atom. The third-order valence-electron chi connectivity index (χ3n) is 1.96. The van der Waals surface area contributed by atoms with E-state index in [0.29, 0.717) is 12.3 Å². The zero-order valence-corrected chi connectivity index (χ0v) is 7.97. The number of hydrogen-bond donors (Lipinski definition) is 2. The molecule has 1 aromatic rings. The van der Waals surface area contributed by atoms with E-state index in [1.54, 1.807) is 0 Å². The standard InChI is InChI=1S/C8H9BrN2O/c9-4-1-2-5(10)7-6(11)3-12-8(4)7/h1-2,6H,3,10-11H2/t6-/m0/s1. The first kappa shape index (κ1) is 7.89. The summed E-state index contributed by atoms with van der Waals surface area (Å²) < 4.78 is 6.29. The molecule has 1 aliphatic heterocycles. The number of fused-ring (bicyclic) bond motifs is 1. The summed E-state index contributed by atoms with van der Waals surface area (Å²) in [6.07, 6.45) is 0. The molecule has 0 saturated carbocycles. The molecule has 2 rings (SSSR count). The highest BCUT2D eigenvalue weighted by molar-refractivity contribution is 9.10. The van der Waals surface area contributed by atoms with Crippen LogP contribution < -0.4 is 16.2 Å². The number of nitrogen functional groups attached to an aromatic ring is 1. The minimum absolute atomic E-state index is 0.0856. The molecule has 4 heteroatoms. The summed E-state index contributed by atoms with van der Waals surface area (Å²) in [7, 11) is 0. The van der Waals surface area contributed by atoms with Crippen LogP contribution in [0, 0.1) is 0 Å². The van der Waals surface area contributed by atoms with E-state index >= 15 is 0 Å². The van der Waals surface area contributed by atoms with Crippen molar-refractivity contribution >= 4 is 21.6 Å². The first-order chi connectivity index (χ1) is 5.70. The number of benzene rings is 1. The van der Waals surface area contributed by atoms with Crippen molar-refractivity contribution in [2.75, 3.05) is 12.3 Å². The summed E-state index contributed by atoms with van der Waals surface area (Å²) in [5.41, 5.74) is 13.2. The fourth-order valence-electron chi connectivity index (χ4n) is 1.37. The molecule has 0 aliphatic carbocycles. The number of nitrogens with two attached hydrogens (primary N) is 2. The first-order valence-electron chi connectivity index (χ1n) is 3.66. The molecule has 1 aromatic carbocycles. The van der Waals surface area contributed by atoms with Crippen LogP contribution in [0.4, 0.5) is 5.69 Å². The molecule has 0 amide bonds. The monoisotopic (exact) mass is 228 g/mol. The van der Waals surface area contributed by atoms with Gasteiger partial charge < -0.3 is 16.2 Å². The van der Waals surface area contributed by atoms with Gasteiger partial charge in [-0.3, -0.25) is 0 Å². The van der Waals surface area contributed by atoms with Crippen LogP contribution in [0.25, 0.3) is 0 Å². The van der Waals surface area contributed by atoms with Crippen LogP contribution in [-0.4, -0.2) is 6.61 Å². The predicted octanol–water partition coefficient (Wildman–Crippen LogP) is 1.42. The zero-order chi connectivity index (χ0) is 8.72. The van der Waals surface area contributed by atoms with Gasteiger partial charge in [-0.25, -0.2) is 0 Å². The van der Waals surface area contributed by atoms with E-state index < -0.39 is 0 Å². The molecular formula is C8H9BrN2O. The van der Waals surface area contributed by atoms with E-state index in [-0.39, 0.29) is 6.04 Å². The Balaban J connectivity index is 2.64. The van der Waals surface area contributed by atoms with Gasteiger partial charge in [0.05, 0.1) is 10.5 Å². The second-order valence-corrected chi connectivity index (χ2v) is 3.65. The molecule has 1 aliphatic rings. The van der Waals surface area contributed by atoms with Crippen molar-refractivity contribution < 1.29 is 4.74 Å². The third-order valence-corrected chi connectivity index (χ3v) is 2.58. The van der Waals surface area contributed by atoms with Gasteiger partial charge in [0, 0.05) is 11.3 Å². The summed E-state index contributed by atoms with van der Waals surface area (Å²) in [6, 6.07) is 3.61. The summed E-state index contributed by atoms with van der Waals surface area (Å²) in [6.45, 7) is 0.516. The normalized spacial score (nSPS) is 20.3. The topological polar surface area (TPSA) is 61.3 Å². The van der Waals surface area contributed by atoms with E-state index in [1.165, 1.54) is 0 Å². The van der Waals surface area contributed by atoms with E-state index in [2.05, 4.69) is 15.9 Å². The average Bonchev–Trinajstić information content (AvgIpc) is 2.42. The number of hydrogen-bond acceptors (Lipinski definition) is 3. The lowest BCUT2D eigenvalue weighted by molar-refractivity contribution is 0.331. The van der Waals surface area contributed by atoms with Gasteiger partial charge in [0.1, 0.15) is 12.4 Å². The molecule has 12 heavy (non-hydrogen) atoms. The Bertz CT molecular complexity index is 327. The fraction of sp³-hybridized carbons (Fsp3) is 0.250. The highest BCUT2D eigenvalue weighted by atomic mass is 79.9. The lowest BCUT2D eigenvalue weighted by Crippen LogP contribution is -2.12. The smallest absolute Gasteiger partial charge is 0.140 e. The molecule has 1 atom stereocenters. The highest BCUT2D eigenvalue weighted by Crippen LogP contribution is 2.40. The van der Waals surface area contributed by atoms with Crippen LogP contribution in [-0.2, 0) is 0 Å². The summed E-state index contributed by atoms with van der Waals surface area (Å²) in [5, 5.41) is 0. The quantitative estimate of drug-likeness (QED) is 0.661. The molecule has 1 heterocycles. The molecule has 0 radical (unpaired) electrons. The fourth-order valence-corrected chi connectivity index (χ4v) is 1.83. The Kier molecular flexibility index (Phi) is 1.73. The second-order valence-electron chi connectivity index (χ2n) is 2.80. The number of ether oxygens (including phenoxy) is 1. The van der Waals surface area contributed by atoms with Crippen molar-refractivity contribution in [2.45, 2.75) is 6.04 Å². The van der Waals surface area contributed by atoms with Crippen LogP contribution in [0.15, 0.2) is 16.6 Å². The maximum atomic E-state index is 5.79. The molecule has 0 fully saturated rings. The molecule has 3 nitrogen and oxygen atoms in total. The lowest BCUT2D eigenvalue weighted by atomic mass is 10.1. The van der Waals surface area contributed by atoms with Crippen LogP contribution in [0.3, 0.4) is 0 Å². The van der Waals surface area contributed by atoms with E-state index in [1.807, 2.05) is 12.1 Å². The SMILES string of the molecule is Nc1ccc(Br)c2c1[C@@H](N)CO2. The molecule has 0 saturated heterocycles. The van der Waals surface area contributed by atoms with Gasteiger partial charge in [-0.05, 0) is 28.1 Å². The van der Waals surface area contributed by atoms with Crippen molar-refractivity contribution in [1.82, 2.24) is 0 Å². The van der Waals surface area contributed by atoms with Gasteiger partial charge in [0.25, 0.3) is 0 Å². The van der Waals surface area contributed by atoms with Gasteiger partial charge >= 0.3 is 0 Å². The Labute approximate surface area is 78.8 Å². The maximum absolute atomic E-state index is 5.79. The second kappa shape index (κ2) is 2.64. The van der Waals surface area contributed by atoms with Crippen molar-refractivity contribution in [3.8, 4) is 5.75 Å². The number of halogens is 1. The Hall–Kier alpha value is -0.740.